The van der Waals surface area contributed by atoms with Gasteiger partial charge < -0.3 is 14.6 Å². The van der Waals surface area contributed by atoms with E-state index in [0.717, 1.165) is 12.1 Å². The molecule has 0 spiro atoms. The van der Waals surface area contributed by atoms with Gasteiger partial charge >= 0.3 is 18.5 Å². The Balaban J connectivity index is 2.06. The van der Waals surface area contributed by atoms with Gasteiger partial charge in [0, 0.05) is 17.5 Å². The van der Waals surface area contributed by atoms with Crippen molar-refractivity contribution < 1.29 is 45.7 Å². The first-order valence-electron chi connectivity index (χ1n) is 8.45. The number of carboxylic acids is 1. The Bertz CT molecular complexity index is 969. The summed E-state index contributed by atoms with van der Waals surface area (Å²) >= 11 is 0. The average Bonchev–Trinajstić information content (AvgIpc) is 2.63. The molecule has 0 saturated heterocycles. The van der Waals surface area contributed by atoms with Crippen LogP contribution in [0.2, 0.25) is 0 Å². The minimum atomic E-state index is -5.05. The molecule has 30 heavy (non-hydrogen) atoms. The van der Waals surface area contributed by atoms with Crippen LogP contribution >= 0.6 is 0 Å². The molecule has 0 amide bonds. The SMILES string of the molecule is O=C(O)C1=Cc2cc(OC(F)(F)F)cc(CCc3ccccn3)c2OC1C(F)(F)F. The predicted molar refractivity (Wildman–Crippen MR) is 90.9 cm³/mol. The smallest absolute Gasteiger partial charge is 0.478 e. The number of aryl methyl sites for hydroxylation is 2. The minimum absolute atomic E-state index is 0.00709. The molecule has 1 aromatic carbocycles. The van der Waals surface area contributed by atoms with Crippen LogP contribution in [0.1, 0.15) is 16.8 Å². The van der Waals surface area contributed by atoms with Gasteiger partial charge in [0.15, 0.2) is 0 Å². The zero-order valence-electron chi connectivity index (χ0n) is 14.9. The molecule has 2 heterocycles. The molecule has 2 aromatic rings. The molecule has 0 bridgehead atoms. The first-order chi connectivity index (χ1) is 13.9. The third-order valence-electron chi connectivity index (χ3n) is 4.15. The first kappa shape index (κ1) is 21.5. The van der Waals surface area contributed by atoms with Crippen LogP contribution in [0, 0.1) is 0 Å². The minimum Gasteiger partial charge on any atom is -0.478 e. The van der Waals surface area contributed by atoms with Crippen molar-refractivity contribution in [1.29, 1.82) is 0 Å². The van der Waals surface area contributed by atoms with Crippen molar-refractivity contribution in [2.75, 3.05) is 0 Å². The van der Waals surface area contributed by atoms with E-state index >= 15 is 0 Å². The lowest BCUT2D eigenvalue weighted by Gasteiger charge is -2.29. The van der Waals surface area contributed by atoms with E-state index in [-0.39, 0.29) is 29.7 Å². The molecule has 0 aliphatic carbocycles. The van der Waals surface area contributed by atoms with Gasteiger partial charge in [-0.3, -0.25) is 4.98 Å². The van der Waals surface area contributed by atoms with Gasteiger partial charge in [-0.2, -0.15) is 13.2 Å². The highest BCUT2D eigenvalue weighted by molar-refractivity contribution is 5.95. The first-order valence-corrected chi connectivity index (χ1v) is 8.45. The summed E-state index contributed by atoms with van der Waals surface area (Å²) in [5, 5.41) is 9.11. The van der Waals surface area contributed by atoms with Gasteiger partial charge in [0.25, 0.3) is 0 Å². The number of pyridine rings is 1. The monoisotopic (exact) mass is 433 g/mol. The Kier molecular flexibility index (Phi) is 5.64. The van der Waals surface area contributed by atoms with Gasteiger partial charge in [0.05, 0.1) is 5.57 Å². The molecule has 1 unspecified atom stereocenters. The average molecular weight is 433 g/mol. The Morgan fingerprint density at radius 3 is 2.43 bits per heavy atom. The van der Waals surface area contributed by atoms with Gasteiger partial charge in [-0.25, -0.2) is 4.79 Å². The van der Waals surface area contributed by atoms with E-state index in [0.29, 0.717) is 11.8 Å². The summed E-state index contributed by atoms with van der Waals surface area (Å²) in [7, 11) is 0. The maximum absolute atomic E-state index is 13.3. The second-order valence-corrected chi connectivity index (χ2v) is 6.31. The normalized spacial score (nSPS) is 16.3. The standard InChI is InChI=1S/C19H13F6NO4/c20-18(21,22)16-14(17(27)28)9-11-8-13(30-19(23,24)25)7-10(15(11)29-16)4-5-12-3-1-2-6-26-12/h1-3,6-9,16H,4-5H2,(H,27,28). The molecule has 5 nitrogen and oxygen atoms in total. The third-order valence-corrected chi connectivity index (χ3v) is 4.15. The number of ether oxygens (including phenoxy) is 2. The molecular formula is C19H13F6NO4. The van der Waals surface area contributed by atoms with Crippen LogP contribution in [0.15, 0.2) is 42.1 Å². The number of alkyl halides is 6. The molecule has 0 radical (unpaired) electrons. The topological polar surface area (TPSA) is 68.7 Å². The summed E-state index contributed by atoms with van der Waals surface area (Å²) in [6, 6.07) is 6.67. The fraction of sp³-hybridized carbons (Fsp3) is 0.263. The second kappa shape index (κ2) is 7.88. The summed E-state index contributed by atoms with van der Waals surface area (Å²) in [6.07, 6.45) is -10.5. The van der Waals surface area contributed by atoms with Crippen LogP contribution in [0.4, 0.5) is 26.3 Å². The van der Waals surface area contributed by atoms with Crippen molar-refractivity contribution in [2.45, 2.75) is 31.5 Å². The number of hydrogen-bond donors (Lipinski definition) is 1. The number of rotatable bonds is 5. The Hall–Kier alpha value is -3.24. The van der Waals surface area contributed by atoms with Crippen LogP contribution in [0.3, 0.4) is 0 Å². The molecule has 1 atom stereocenters. The molecular weight excluding hydrogens is 420 g/mol. The van der Waals surface area contributed by atoms with E-state index in [2.05, 4.69) is 9.72 Å². The lowest BCUT2D eigenvalue weighted by Crippen LogP contribution is -2.40. The second-order valence-electron chi connectivity index (χ2n) is 6.31. The van der Waals surface area contributed by atoms with Crippen LogP contribution in [-0.4, -0.2) is 34.7 Å². The van der Waals surface area contributed by atoms with E-state index in [4.69, 9.17) is 9.84 Å². The van der Waals surface area contributed by atoms with Gasteiger partial charge in [-0.15, -0.1) is 13.2 Å². The number of carbonyl (C=O) groups is 1. The van der Waals surface area contributed by atoms with Crippen molar-refractivity contribution in [2.24, 2.45) is 0 Å². The summed E-state index contributed by atoms with van der Waals surface area (Å²) in [5.41, 5.74) is -0.855. The number of nitrogens with zero attached hydrogens (tertiary/aromatic N) is 1. The van der Waals surface area contributed by atoms with Crippen molar-refractivity contribution in [3.8, 4) is 11.5 Å². The van der Waals surface area contributed by atoms with Gasteiger partial charge in [-0.05, 0) is 48.7 Å². The van der Waals surface area contributed by atoms with E-state index in [1.807, 2.05) is 0 Å². The van der Waals surface area contributed by atoms with Crippen LogP contribution in [0.25, 0.3) is 6.08 Å². The van der Waals surface area contributed by atoms with E-state index in [1.165, 1.54) is 6.20 Å². The predicted octanol–water partition coefficient (Wildman–Crippen LogP) is 4.56. The van der Waals surface area contributed by atoms with Crippen molar-refractivity contribution in [1.82, 2.24) is 4.98 Å². The number of aromatic nitrogens is 1. The van der Waals surface area contributed by atoms with Gasteiger partial charge in [0.1, 0.15) is 11.5 Å². The fourth-order valence-corrected chi connectivity index (χ4v) is 2.96. The third kappa shape index (κ3) is 5.02. The summed E-state index contributed by atoms with van der Waals surface area (Å²) in [4.78, 5) is 15.3. The molecule has 3 rings (SSSR count). The number of aliphatic carboxylic acids is 1. The van der Waals surface area contributed by atoms with Crippen LogP contribution < -0.4 is 9.47 Å². The summed E-state index contributed by atoms with van der Waals surface area (Å²) < 4.78 is 86.7. The molecule has 1 aliphatic heterocycles. The van der Waals surface area contributed by atoms with Gasteiger partial charge in [-0.1, -0.05) is 6.07 Å². The van der Waals surface area contributed by atoms with Crippen LogP contribution in [-0.2, 0) is 17.6 Å². The zero-order chi connectivity index (χ0) is 22.1. The fourth-order valence-electron chi connectivity index (χ4n) is 2.96. The van der Waals surface area contributed by atoms with Crippen molar-refractivity contribution in [3.05, 3.63) is 58.9 Å². The molecule has 11 heteroatoms. The highest BCUT2D eigenvalue weighted by atomic mass is 19.4. The number of fused-ring (bicyclic) bond motifs is 1. The van der Waals surface area contributed by atoms with E-state index in [1.54, 1.807) is 18.2 Å². The quantitative estimate of drug-likeness (QED) is 0.701. The number of hydrogen-bond acceptors (Lipinski definition) is 4. The highest BCUT2D eigenvalue weighted by Gasteiger charge is 2.49. The lowest BCUT2D eigenvalue weighted by atomic mass is 9.96. The molecule has 1 aliphatic rings. The Morgan fingerprint density at radius 2 is 1.87 bits per heavy atom. The van der Waals surface area contributed by atoms with E-state index in [9.17, 15) is 31.1 Å². The molecule has 0 saturated carbocycles. The molecule has 0 fully saturated rings. The molecule has 1 aromatic heterocycles. The maximum atomic E-state index is 13.3. The van der Waals surface area contributed by atoms with Crippen molar-refractivity contribution in [3.63, 3.8) is 0 Å². The summed E-state index contributed by atoms with van der Waals surface area (Å²) in [6.45, 7) is 0. The van der Waals surface area contributed by atoms with Crippen molar-refractivity contribution >= 4 is 12.0 Å². The Labute approximate surface area is 165 Å². The largest absolute Gasteiger partial charge is 0.573 e. The molecule has 1 N–H and O–H groups in total. The van der Waals surface area contributed by atoms with E-state index < -0.39 is 35.9 Å². The zero-order valence-corrected chi connectivity index (χ0v) is 14.9. The Morgan fingerprint density at radius 1 is 1.13 bits per heavy atom. The molecule has 160 valence electrons. The maximum Gasteiger partial charge on any atom is 0.573 e. The highest BCUT2D eigenvalue weighted by Crippen LogP contribution is 2.42. The lowest BCUT2D eigenvalue weighted by molar-refractivity contribution is -0.274. The number of benzene rings is 1. The summed E-state index contributed by atoms with van der Waals surface area (Å²) in [5.74, 6) is -2.96. The number of halogens is 6. The van der Waals surface area contributed by atoms with Gasteiger partial charge in [0.2, 0.25) is 6.10 Å². The van der Waals surface area contributed by atoms with Crippen LogP contribution in [0.5, 0.6) is 11.5 Å². The number of carboxylic acid groups (broad SMARTS) is 1.